The van der Waals surface area contributed by atoms with Gasteiger partial charge in [-0.3, -0.25) is 71.9 Å². The fourth-order valence-corrected chi connectivity index (χ4v) is 21.4. The Kier molecular flexibility index (Phi) is 34.9. The van der Waals surface area contributed by atoms with Crippen molar-refractivity contribution in [1.29, 1.82) is 0 Å². The molecule has 0 bridgehead atoms. The fourth-order valence-electron chi connectivity index (χ4n) is 20.5. The van der Waals surface area contributed by atoms with Crippen LogP contribution in [0.3, 0.4) is 0 Å². The number of hydrogen-bond donors (Lipinski definition) is 13. The van der Waals surface area contributed by atoms with Gasteiger partial charge in [-0.25, -0.2) is 24.4 Å². The summed E-state index contributed by atoms with van der Waals surface area (Å²) in [4.78, 5) is 256. The number of nitrogens with zero attached hydrogens (tertiary/aromatic N) is 8. The van der Waals surface area contributed by atoms with Crippen molar-refractivity contribution in [3.8, 4) is 0 Å². The molecule has 5 heterocycles. The van der Waals surface area contributed by atoms with Crippen LogP contribution in [0.1, 0.15) is 236 Å². The van der Waals surface area contributed by atoms with Gasteiger partial charge in [-0.05, 0) is 124 Å². The van der Waals surface area contributed by atoms with E-state index in [1.807, 2.05) is 143 Å². The van der Waals surface area contributed by atoms with E-state index in [2.05, 4.69) is 63.1 Å². The number of halogens is 2. The lowest BCUT2D eigenvalue weighted by Crippen LogP contribution is -2.64. The van der Waals surface area contributed by atoms with Gasteiger partial charge in [-0.15, -0.1) is 23.2 Å². The molecule has 0 spiro atoms. The molecule has 770 valence electrons. The van der Waals surface area contributed by atoms with Crippen LogP contribution >= 0.6 is 23.2 Å². The Balaban J connectivity index is 0.000000233. The highest BCUT2D eigenvalue weighted by Crippen LogP contribution is 2.67. The van der Waals surface area contributed by atoms with E-state index in [-0.39, 0.29) is 94.9 Å². The number of fused-ring (bicyclic) bond motifs is 3. The number of hydrogen-bond acceptors (Lipinski definition) is 21. The van der Waals surface area contributed by atoms with E-state index in [9.17, 15) is 86.3 Å². The van der Waals surface area contributed by atoms with Gasteiger partial charge in [0, 0.05) is 90.2 Å². The van der Waals surface area contributed by atoms with Gasteiger partial charge in [0.05, 0.1) is 18.1 Å². The summed E-state index contributed by atoms with van der Waals surface area (Å²) >= 11 is 13.1. The molecule has 6 saturated carbocycles. The highest BCUT2D eigenvalue weighted by Gasteiger charge is 2.75. The van der Waals surface area contributed by atoms with Crippen LogP contribution < -0.4 is 75.3 Å². The number of rotatable bonds is 33. The minimum absolute atomic E-state index is 0.0463. The monoisotopic (exact) mass is 1970 g/mol. The first kappa shape index (κ1) is 112. The highest BCUT2D eigenvalue weighted by molar-refractivity contribution is 6.51. The number of alkyl halides is 2. The summed E-state index contributed by atoms with van der Waals surface area (Å²) in [6.07, 6.45) is 12.7. The molecule has 16 N–H and O–H groups in total. The van der Waals surface area contributed by atoms with E-state index in [1.54, 1.807) is 58.2 Å². The van der Waals surface area contributed by atoms with Crippen molar-refractivity contribution in [2.75, 3.05) is 64.8 Å². The molecule has 18 amide bonds. The second-order valence-corrected chi connectivity index (χ2v) is 48.8. The number of likely N-dealkylation sites (tertiary alicyclic amines) is 3. The van der Waals surface area contributed by atoms with Gasteiger partial charge >= 0.3 is 18.1 Å². The molecule has 0 aromatic carbocycles. The minimum atomic E-state index is -1.27. The molecular weight excluding hydrogens is 1820 g/mol. The summed E-state index contributed by atoms with van der Waals surface area (Å²) in [7, 11) is 3.22. The van der Waals surface area contributed by atoms with E-state index in [0.29, 0.717) is 58.1 Å². The Bertz CT molecular complexity index is 4740. The molecule has 39 nitrogen and oxygen atoms in total. The lowest BCUT2D eigenvalue weighted by Gasteiger charge is -2.40. The summed E-state index contributed by atoms with van der Waals surface area (Å²) in [5.41, 5.74) is 11.9. The molecule has 0 radical (unpaired) electrons. The molecule has 10 aliphatic rings. The molecule has 4 aliphatic heterocycles. The number of carbonyl (C=O) groups is 18. The van der Waals surface area contributed by atoms with Crippen molar-refractivity contribution in [1.82, 2.24) is 87.6 Å². The van der Waals surface area contributed by atoms with Crippen molar-refractivity contribution >= 4 is 135 Å². The summed E-state index contributed by atoms with van der Waals surface area (Å²) in [5, 5.41) is 27.8. The average molecular weight is 1970 g/mol. The van der Waals surface area contributed by atoms with E-state index in [1.165, 1.54) is 19.6 Å². The zero-order valence-corrected chi connectivity index (χ0v) is 86.9. The third kappa shape index (κ3) is 26.2. The lowest BCUT2D eigenvalue weighted by molar-refractivity contribution is -0.145. The van der Waals surface area contributed by atoms with Crippen LogP contribution in [0.25, 0.3) is 0 Å². The molecule has 11 rings (SSSR count). The maximum absolute atomic E-state index is 14.4. The number of Topliss-reactive ketones (excluding diaryl/α,β-unsaturated/α-hetero) is 3. The van der Waals surface area contributed by atoms with Gasteiger partial charge < -0.3 is 99.8 Å². The normalized spacial score (nSPS) is 24.7. The number of urea groups is 3. The standard InChI is InChI=1S/C35H51Cl2N9O6.C32H54N6O6.C30H50N6O6/c1-33(2,3)25(29(50)44-13-15-45(16-14-44)31-39-11-8-12-40-31)42-32(52)43-26(34(4,5)6)30(51)46-18-20-22(35(20,36)37)23(46)28(49)41-21(24(47)27(38)48)17-19-9-7-10-19;1-16(2)34-27(42)23(30(3,4)5)36-29(44)37-24(31(6,7)8)28(43)38-15-18-20(32(18,9)10)21(38)26(41)35-19(22(39)25(33)40)14-17-12-11-13-17;1-15(2)20(26(40)35(8)9)33-28(42)34-23(29(3,4)5)27(41)36-14-17-19(30(17,6)7)21(36)25(39)32-18(22(37)24(31)38)13-16-11-10-12-16/h8,11-12,19-23,25-26H,7,9-10,13-18H2,1-6H3,(H2,38,48)(H,41,49)(H2,42,43,52);16-21,23-24H,11-15H2,1-10H3,(H2,33,40)(H,34,42)(H,35,41)(H2,36,37,44);15-21,23H,10-14H2,1-9H3,(H2,31,38)(H,32,39)(H2,33,34,42)/t20-,21?,22-,23-,25+,26+;18-,19?,20-,21-,23+,24+;17-,18?,19-,20-,21-,23+/m000/s1. The summed E-state index contributed by atoms with van der Waals surface area (Å²) in [5.74, 6) is -10.00. The van der Waals surface area contributed by atoms with Gasteiger partial charge in [0.1, 0.15) is 58.7 Å². The number of likely N-dealkylation sites (N-methyl/N-ethyl adjacent to an activating group) is 1. The van der Waals surface area contributed by atoms with E-state index < -0.39 is 204 Å². The molecular formula is C97H155Cl2N21O18. The van der Waals surface area contributed by atoms with Crippen LogP contribution in [0.5, 0.6) is 0 Å². The number of amides is 18. The van der Waals surface area contributed by atoms with Crippen molar-refractivity contribution < 1.29 is 86.3 Å². The number of carbonyl (C=O) groups excluding carboxylic acids is 18. The predicted octanol–water partition coefficient (Wildman–Crippen LogP) is 4.49. The zero-order chi connectivity index (χ0) is 104. The van der Waals surface area contributed by atoms with Crippen LogP contribution in [-0.2, 0) is 71.9 Å². The Hall–Kier alpha value is -10.1. The molecule has 1 aromatic heterocycles. The minimum Gasteiger partial charge on any atom is -0.363 e. The zero-order valence-electron chi connectivity index (χ0n) is 85.4. The van der Waals surface area contributed by atoms with Crippen molar-refractivity contribution in [2.45, 2.75) is 319 Å². The van der Waals surface area contributed by atoms with Crippen LogP contribution in [0.2, 0.25) is 0 Å². The van der Waals surface area contributed by atoms with Gasteiger partial charge in [0.2, 0.25) is 76.5 Å². The van der Waals surface area contributed by atoms with Crippen LogP contribution in [0.15, 0.2) is 18.5 Å². The van der Waals surface area contributed by atoms with Gasteiger partial charge in [-0.1, -0.05) is 203 Å². The Morgan fingerprint density at radius 1 is 0.413 bits per heavy atom. The quantitative estimate of drug-likeness (QED) is 0.0340. The largest absolute Gasteiger partial charge is 0.363 e. The van der Waals surface area contributed by atoms with Gasteiger partial charge in [0.15, 0.2) is 0 Å². The third-order valence-corrected chi connectivity index (χ3v) is 31.0. The number of ketones is 3. The van der Waals surface area contributed by atoms with Gasteiger partial charge in [0.25, 0.3) is 17.7 Å². The van der Waals surface area contributed by atoms with Crippen molar-refractivity contribution in [3.05, 3.63) is 18.5 Å². The maximum atomic E-state index is 14.4. The average Bonchev–Trinajstić information content (AvgIpc) is 1.53. The number of aromatic nitrogens is 2. The number of piperazine rings is 1. The lowest BCUT2D eigenvalue weighted by atomic mass is 9.80. The Morgan fingerprint density at radius 3 is 0.993 bits per heavy atom. The Labute approximate surface area is 821 Å². The summed E-state index contributed by atoms with van der Waals surface area (Å²) in [6.45, 7) is 45.4. The topological polar surface area (TPSA) is 551 Å². The number of nitrogens with one attached hydrogen (secondary N) is 10. The highest BCUT2D eigenvalue weighted by atomic mass is 35.5. The van der Waals surface area contributed by atoms with E-state index in [0.717, 1.165) is 57.8 Å². The van der Waals surface area contributed by atoms with Gasteiger partial charge in [-0.2, -0.15) is 0 Å². The van der Waals surface area contributed by atoms with Crippen molar-refractivity contribution in [2.24, 2.45) is 114 Å². The smallest absolute Gasteiger partial charge is 0.316 e. The number of nitrogens with two attached hydrogens (primary N) is 3. The predicted molar refractivity (Wildman–Crippen MR) is 516 cm³/mol. The molecule has 41 heteroatoms. The van der Waals surface area contributed by atoms with E-state index >= 15 is 0 Å². The number of anilines is 1. The molecule has 3 unspecified atom stereocenters. The first-order valence-corrected chi connectivity index (χ1v) is 49.6. The number of piperidine rings is 3. The molecule has 10 fully saturated rings. The SMILES string of the molecule is CC(C)(C)[C@H](NC(=O)N[C@H](C(=O)N1C[C@H]2[C@@H]([C@H]1C(=O)NC(CC1CCC1)C(=O)C(N)=O)C2(Cl)Cl)C(C)(C)C)C(=O)N1CCN(c2ncccn2)CC1.CC(C)NC(=O)[C@@H](NC(=O)N[C@H](C(=O)N1C[C@H]2[C@@H]([C@H]1C(=O)NC(CC1CCC1)C(=O)C(N)=O)C2(C)C)C(C)(C)C)C(C)(C)C.CC(C)[C@H](NC(=O)N[C@H](C(=O)N1C[C@H]2[C@@H]([C@H]1C(=O)NC(CC1CCC1)C(=O)C(N)=O)C2(C)C)C(C)(C)C)C(=O)N(C)C. The molecule has 4 saturated heterocycles. The fraction of sp³-hybridized carbons (Fsp3) is 0.773. The second kappa shape index (κ2) is 43.2. The first-order chi connectivity index (χ1) is 63.6. The number of primary amides is 3. The summed E-state index contributed by atoms with van der Waals surface area (Å²) < 4.78 is -1.27. The third-order valence-electron chi connectivity index (χ3n) is 29.9. The Morgan fingerprint density at radius 2 is 0.710 bits per heavy atom. The molecule has 18 atom stereocenters. The first-order valence-electron chi connectivity index (χ1n) is 48.8. The molecule has 1 aromatic rings. The maximum Gasteiger partial charge on any atom is 0.316 e. The second-order valence-electron chi connectivity index (χ2n) is 47.3. The molecule has 138 heavy (non-hydrogen) atoms. The van der Waals surface area contributed by atoms with E-state index in [4.69, 9.17) is 40.4 Å². The van der Waals surface area contributed by atoms with Crippen LogP contribution in [0, 0.1) is 97.1 Å². The van der Waals surface area contributed by atoms with Crippen LogP contribution in [-0.4, -0.2) is 284 Å². The summed E-state index contributed by atoms with van der Waals surface area (Å²) in [6, 6.07) is -12.3. The molecule has 6 aliphatic carbocycles. The van der Waals surface area contributed by atoms with Crippen molar-refractivity contribution in [3.63, 3.8) is 0 Å². The van der Waals surface area contributed by atoms with Crippen LogP contribution in [0.4, 0.5) is 20.3 Å².